The zero-order valence-corrected chi connectivity index (χ0v) is 10.4. The Balaban J connectivity index is 2.81. The summed E-state index contributed by atoms with van der Waals surface area (Å²) in [5.74, 6) is 0. The minimum atomic E-state index is -2.67. The van der Waals surface area contributed by atoms with Gasteiger partial charge in [-0.2, -0.15) is 8.78 Å². The van der Waals surface area contributed by atoms with E-state index in [1.54, 1.807) is 0 Å². The van der Waals surface area contributed by atoms with Gasteiger partial charge in [0, 0.05) is 17.9 Å². The molecule has 0 atom stereocenters. The fourth-order valence-corrected chi connectivity index (χ4v) is 1.32. The van der Waals surface area contributed by atoms with Crippen molar-refractivity contribution in [2.75, 3.05) is 0 Å². The molecule has 96 valence electrons. The SMILES string of the molecule is CC1(C)OB(/C(C=N)=C/NC(F)F)OC1(C)C. The summed E-state index contributed by atoms with van der Waals surface area (Å²) in [6.07, 6.45) is 1.98. The van der Waals surface area contributed by atoms with Crippen LogP contribution < -0.4 is 5.32 Å². The van der Waals surface area contributed by atoms with Crippen molar-refractivity contribution in [1.82, 2.24) is 5.32 Å². The van der Waals surface area contributed by atoms with Gasteiger partial charge in [0.2, 0.25) is 0 Å². The lowest BCUT2D eigenvalue weighted by molar-refractivity contribution is 0.00578. The molecule has 0 spiro atoms. The summed E-state index contributed by atoms with van der Waals surface area (Å²) < 4.78 is 35.3. The Kier molecular flexibility index (Phi) is 3.93. The van der Waals surface area contributed by atoms with E-state index < -0.39 is 24.9 Å². The lowest BCUT2D eigenvalue weighted by Gasteiger charge is -2.32. The monoisotopic (exact) mass is 246 g/mol. The molecule has 0 radical (unpaired) electrons. The highest BCUT2D eigenvalue weighted by Gasteiger charge is 2.52. The molecule has 0 unspecified atom stereocenters. The molecule has 0 aliphatic carbocycles. The van der Waals surface area contributed by atoms with E-state index in [0.717, 1.165) is 12.4 Å². The second kappa shape index (κ2) is 4.74. The number of nitrogens with one attached hydrogen (secondary N) is 2. The van der Waals surface area contributed by atoms with Crippen LogP contribution in [-0.2, 0) is 9.31 Å². The van der Waals surface area contributed by atoms with Crippen LogP contribution in [-0.4, -0.2) is 31.1 Å². The first-order valence-electron chi connectivity index (χ1n) is 5.30. The fourth-order valence-electron chi connectivity index (χ4n) is 1.32. The van der Waals surface area contributed by atoms with Gasteiger partial charge in [-0.1, -0.05) is 0 Å². The van der Waals surface area contributed by atoms with Crippen molar-refractivity contribution in [1.29, 1.82) is 5.41 Å². The summed E-state index contributed by atoms with van der Waals surface area (Å²) in [4.78, 5) is 0. The van der Waals surface area contributed by atoms with Gasteiger partial charge in [0.15, 0.2) is 0 Å². The molecule has 0 bridgehead atoms. The highest BCUT2D eigenvalue weighted by Crippen LogP contribution is 2.38. The van der Waals surface area contributed by atoms with E-state index in [-0.39, 0.29) is 5.47 Å². The largest absolute Gasteiger partial charge is 0.497 e. The summed E-state index contributed by atoms with van der Waals surface area (Å²) in [6, 6.07) is 0. The molecule has 7 heteroatoms. The second-order valence-corrected chi connectivity index (χ2v) is 4.84. The third kappa shape index (κ3) is 3.04. The Morgan fingerprint density at radius 3 is 2.06 bits per heavy atom. The zero-order valence-electron chi connectivity index (χ0n) is 10.4. The van der Waals surface area contributed by atoms with Crippen LogP contribution in [0.2, 0.25) is 0 Å². The zero-order chi connectivity index (χ0) is 13.3. The molecule has 1 saturated heterocycles. The van der Waals surface area contributed by atoms with Crippen LogP contribution in [0.25, 0.3) is 0 Å². The summed E-state index contributed by atoms with van der Waals surface area (Å²) in [5, 5.41) is 9.01. The molecule has 1 heterocycles. The van der Waals surface area contributed by atoms with Crippen molar-refractivity contribution in [3.05, 3.63) is 11.7 Å². The van der Waals surface area contributed by atoms with Crippen LogP contribution in [0.15, 0.2) is 11.7 Å². The normalized spacial score (nSPS) is 23.0. The van der Waals surface area contributed by atoms with Gasteiger partial charge in [0.05, 0.1) is 11.2 Å². The van der Waals surface area contributed by atoms with E-state index in [1.807, 2.05) is 33.0 Å². The highest BCUT2D eigenvalue weighted by molar-refractivity contribution is 6.60. The van der Waals surface area contributed by atoms with Crippen molar-refractivity contribution in [2.45, 2.75) is 45.4 Å². The van der Waals surface area contributed by atoms with Gasteiger partial charge in [-0.15, -0.1) is 0 Å². The Labute approximate surface area is 100 Å². The first-order chi connectivity index (χ1) is 7.69. The van der Waals surface area contributed by atoms with Crippen LogP contribution in [0.5, 0.6) is 0 Å². The number of allylic oxidation sites excluding steroid dienone is 1. The number of hydrogen-bond acceptors (Lipinski definition) is 4. The minimum Gasteiger partial charge on any atom is -0.399 e. The molecule has 0 aromatic heterocycles. The summed E-state index contributed by atoms with van der Waals surface area (Å²) in [7, 11) is -0.802. The molecular formula is C10H17BF2N2O2. The van der Waals surface area contributed by atoms with Gasteiger partial charge in [0.25, 0.3) is 0 Å². The highest BCUT2D eigenvalue weighted by atomic mass is 19.3. The molecule has 0 saturated carbocycles. The molecular weight excluding hydrogens is 229 g/mol. The molecule has 1 aliphatic rings. The van der Waals surface area contributed by atoms with Crippen molar-refractivity contribution >= 4 is 13.3 Å². The molecule has 0 aromatic rings. The molecule has 0 aromatic carbocycles. The van der Waals surface area contributed by atoms with Crippen molar-refractivity contribution < 1.29 is 18.1 Å². The van der Waals surface area contributed by atoms with Crippen LogP contribution in [0, 0.1) is 5.41 Å². The van der Waals surface area contributed by atoms with Crippen LogP contribution in [0.1, 0.15) is 27.7 Å². The second-order valence-electron chi connectivity index (χ2n) is 4.84. The molecule has 2 N–H and O–H groups in total. The third-order valence-corrected chi connectivity index (χ3v) is 3.07. The number of hydrogen-bond donors (Lipinski definition) is 2. The Morgan fingerprint density at radius 2 is 1.71 bits per heavy atom. The summed E-state index contributed by atoms with van der Waals surface area (Å²) >= 11 is 0. The van der Waals surface area contributed by atoms with Gasteiger partial charge >= 0.3 is 13.7 Å². The lowest BCUT2D eigenvalue weighted by atomic mass is 9.79. The number of alkyl halides is 2. The van der Waals surface area contributed by atoms with Gasteiger partial charge in [-0.3, -0.25) is 0 Å². The summed E-state index contributed by atoms with van der Waals surface area (Å²) in [5.41, 5.74) is -0.876. The maximum Gasteiger partial charge on any atom is 0.497 e. The minimum absolute atomic E-state index is 0.226. The van der Waals surface area contributed by atoms with Gasteiger partial charge in [0.1, 0.15) is 0 Å². The average Bonchev–Trinajstić information content (AvgIpc) is 2.36. The van der Waals surface area contributed by atoms with Gasteiger partial charge < -0.3 is 20.0 Å². The van der Waals surface area contributed by atoms with E-state index in [4.69, 9.17) is 14.7 Å². The van der Waals surface area contributed by atoms with Crippen molar-refractivity contribution in [2.24, 2.45) is 0 Å². The van der Waals surface area contributed by atoms with E-state index in [2.05, 4.69) is 0 Å². The Morgan fingerprint density at radius 1 is 1.24 bits per heavy atom. The molecule has 1 aliphatic heterocycles. The maximum absolute atomic E-state index is 12.0. The molecule has 0 amide bonds. The van der Waals surface area contributed by atoms with Crippen molar-refractivity contribution in [3.8, 4) is 0 Å². The standard InChI is InChI=1S/C10H17BF2N2O2/c1-9(2)10(3,4)17-11(16-9)7(5-14)6-15-8(12)13/h5-6,8,14-15H,1-4H3/b7-6+,14-5?. The summed E-state index contributed by atoms with van der Waals surface area (Å²) in [6.45, 7) is 4.75. The average molecular weight is 246 g/mol. The molecule has 17 heavy (non-hydrogen) atoms. The Hall–Kier alpha value is -0.945. The fraction of sp³-hybridized carbons (Fsp3) is 0.700. The molecule has 1 fully saturated rings. The number of rotatable bonds is 4. The van der Waals surface area contributed by atoms with Crippen LogP contribution in [0.3, 0.4) is 0 Å². The predicted octanol–water partition coefficient (Wildman–Crippen LogP) is 1.96. The van der Waals surface area contributed by atoms with E-state index >= 15 is 0 Å². The van der Waals surface area contributed by atoms with Crippen LogP contribution >= 0.6 is 0 Å². The van der Waals surface area contributed by atoms with E-state index in [1.165, 1.54) is 0 Å². The maximum atomic E-state index is 12.0. The lowest BCUT2D eigenvalue weighted by Crippen LogP contribution is -2.41. The molecule has 1 rings (SSSR count). The predicted molar refractivity (Wildman–Crippen MR) is 62.1 cm³/mol. The van der Waals surface area contributed by atoms with E-state index in [9.17, 15) is 8.78 Å². The first kappa shape index (κ1) is 14.1. The third-order valence-electron chi connectivity index (χ3n) is 3.07. The molecule has 4 nitrogen and oxygen atoms in total. The van der Waals surface area contributed by atoms with E-state index in [0.29, 0.717) is 0 Å². The topological polar surface area (TPSA) is 54.3 Å². The van der Waals surface area contributed by atoms with Gasteiger partial charge in [-0.05, 0) is 27.7 Å². The quantitative estimate of drug-likeness (QED) is 0.453. The smallest absolute Gasteiger partial charge is 0.399 e. The van der Waals surface area contributed by atoms with Crippen LogP contribution in [0.4, 0.5) is 8.78 Å². The van der Waals surface area contributed by atoms with Crippen molar-refractivity contribution in [3.63, 3.8) is 0 Å². The first-order valence-corrected chi connectivity index (χ1v) is 5.30. The van der Waals surface area contributed by atoms with Gasteiger partial charge in [-0.25, -0.2) is 0 Å². The Bertz CT molecular complexity index is 316. The number of halogens is 2.